The molecule has 2 rings (SSSR count). The van der Waals surface area contributed by atoms with Gasteiger partial charge in [0.2, 0.25) is 5.91 Å². The predicted molar refractivity (Wildman–Crippen MR) is 81.3 cm³/mol. The van der Waals surface area contributed by atoms with Crippen LogP contribution in [0.3, 0.4) is 0 Å². The SMILES string of the molecule is COc1ccc2c(c1)CC(C(F)(F)CCC(=O)NOS(=O)(=O)O)S2. The quantitative estimate of drug-likeness (QED) is 0.548. The minimum Gasteiger partial charge on any atom is -0.497 e. The summed E-state index contributed by atoms with van der Waals surface area (Å²) >= 11 is 1.03. The highest BCUT2D eigenvalue weighted by atomic mass is 32.3. The molecule has 1 heterocycles. The molecule has 1 aromatic carbocycles. The van der Waals surface area contributed by atoms with Crippen LogP contribution in [0.25, 0.3) is 0 Å². The smallest absolute Gasteiger partial charge is 0.418 e. The molecule has 0 aliphatic carbocycles. The number of hydrogen-bond acceptors (Lipinski definition) is 6. The monoisotopic (exact) mass is 383 g/mol. The zero-order chi connectivity index (χ0) is 18.0. The first-order valence-corrected chi connectivity index (χ1v) is 9.01. The number of ether oxygens (including phenoxy) is 1. The Hall–Kier alpha value is -1.43. The lowest BCUT2D eigenvalue weighted by Crippen LogP contribution is -2.34. The van der Waals surface area contributed by atoms with Crippen molar-refractivity contribution in [1.82, 2.24) is 5.48 Å². The summed E-state index contributed by atoms with van der Waals surface area (Å²) in [7, 11) is -3.38. The summed E-state index contributed by atoms with van der Waals surface area (Å²) in [6, 6.07) is 5.10. The minimum atomic E-state index is -4.87. The van der Waals surface area contributed by atoms with E-state index in [0.29, 0.717) is 5.75 Å². The average Bonchev–Trinajstić information content (AvgIpc) is 2.94. The van der Waals surface area contributed by atoms with Crippen molar-refractivity contribution in [2.75, 3.05) is 7.11 Å². The molecule has 2 N–H and O–H groups in total. The lowest BCUT2D eigenvalue weighted by molar-refractivity contribution is -0.129. The van der Waals surface area contributed by atoms with Gasteiger partial charge in [0.15, 0.2) is 0 Å². The van der Waals surface area contributed by atoms with Crippen molar-refractivity contribution in [3.63, 3.8) is 0 Å². The van der Waals surface area contributed by atoms with Gasteiger partial charge in [-0.15, -0.1) is 16.0 Å². The summed E-state index contributed by atoms with van der Waals surface area (Å²) in [5, 5.41) is -1.03. The van der Waals surface area contributed by atoms with Gasteiger partial charge in [0.1, 0.15) is 5.75 Å². The molecular formula is C13H15F2NO6S2. The fourth-order valence-electron chi connectivity index (χ4n) is 2.18. The number of nitrogens with one attached hydrogen (secondary N) is 1. The summed E-state index contributed by atoms with van der Waals surface area (Å²) in [6.07, 6.45) is -1.30. The largest absolute Gasteiger partial charge is 0.497 e. The van der Waals surface area contributed by atoms with Gasteiger partial charge in [-0.1, -0.05) is 0 Å². The molecule has 0 saturated carbocycles. The Morgan fingerprint density at radius 2 is 2.21 bits per heavy atom. The first-order chi connectivity index (χ1) is 11.1. The normalized spacial score (nSPS) is 17.4. The van der Waals surface area contributed by atoms with Gasteiger partial charge in [-0.3, -0.25) is 9.35 Å². The number of halogens is 2. The highest BCUT2D eigenvalue weighted by Gasteiger charge is 2.43. The topological polar surface area (TPSA) is 102 Å². The maximum absolute atomic E-state index is 14.3. The summed E-state index contributed by atoms with van der Waals surface area (Å²) in [4.78, 5) is 12.0. The molecule has 1 atom stereocenters. The van der Waals surface area contributed by atoms with Crippen LogP contribution in [0.2, 0.25) is 0 Å². The molecule has 0 bridgehead atoms. The molecule has 24 heavy (non-hydrogen) atoms. The number of rotatable bonds is 7. The third-order valence-corrected chi connectivity index (χ3v) is 5.10. The van der Waals surface area contributed by atoms with E-state index in [1.807, 2.05) is 0 Å². The number of alkyl halides is 2. The van der Waals surface area contributed by atoms with E-state index in [9.17, 15) is 22.0 Å². The molecule has 1 amide bonds. The van der Waals surface area contributed by atoms with Crippen LogP contribution in [0.1, 0.15) is 18.4 Å². The van der Waals surface area contributed by atoms with Crippen molar-refractivity contribution >= 4 is 28.1 Å². The number of hydrogen-bond donors (Lipinski definition) is 2. The summed E-state index contributed by atoms with van der Waals surface area (Å²) in [5.41, 5.74) is 2.14. The Balaban J connectivity index is 1.91. The number of hydroxylamine groups is 1. The molecule has 0 radical (unpaired) electrons. The van der Waals surface area contributed by atoms with Crippen LogP contribution in [0.15, 0.2) is 23.1 Å². The van der Waals surface area contributed by atoms with Gasteiger partial charge in [0, 0.05) is 17.7 Å². The summed E-state index contributed by atoms with van der Waals surface area (Å²) in [5.74, 6) is -3.64. The second-order valence-corrected chi connectivity index (χ2v) is 7.35. The van der Waals surface area contributed by atoms with Crippen LogP contribution >= 0.6 is 11.8 Å². The molecule has 0 aromatic heterocycles. The van der Waals surface area contributed by atoms with E-state index < -0.39 is 40.3 Å². The molecule has 134 valence electrons. The molecule has 1 aliphatic rings. The standard InChI is InChI=1S/C13H15F2NO6S2/c1-21-9-2-3-10-8(6-9)7-11(23-10)13(14,15)5-4-12(17)16-22-24(18,19)20/h2-3,6,11H,4-5,7H2,1H3,(H,16,17)(H,18,19,20). The van der Waals surface area contributed by atoms with Crippen molar-refractivity contribution < 1.29 is 35.6 Å². The summed E-state index contributed by atoms with van der Waals surface area (Å²) in [6.45, 7) is 0. The first-order valence-electron chi connectivity index (χ1n) is 6.77. The van der Waals surface area contributed by atoms with Gasteiger partial charge in [0.25, 0.3) is 5.92 Å². The lowest BCUT2D eigenvalue weighted by atomic mass is 10.0. The Labute approximate surface area is 141 Å². The zero-order valence-corrected chi connectivity index (χ0v) is 14.1. The number of methoxy groups -OCH3 is 1. The average molecular weight is 383 g/mol. The second kappa shape index (κ2) is 7.21. The number of benzene rings is 1. The number of carbonyl (C=O) groups excluding carboxylic acids is 1. The molecule has 1 aromatic rings. The number of amides is 1. The van der Waals surface area contributed by atoms with Gasteiger partial charge in [-0.25, -0.2) is 14.3 Å². The van der Waals surface area contributed by atoms with Gasteiger partial charge < -0.3 is 4.74 Å². The van der Waals surface area contributed by atoms with E-state index in [1.54, 1.807) is 18.2 Å². The molecule has 11 heteroatoms. The fourth-order valence-corrected chi connectivity index (χ4v) is 3.68. The molecule has 0 saturated heterocycles. The van der Waals surface area contributed by atoms with Crippen LogP contribution in [0, 0.1) is 0 Å². The van der Waals surface area contributed by atoms with Gasteiger partial charge >= 0.3 is 10.4 Å². The first kappa shape index (κ1) is 18.9. The number of fused-ring (bicyclic) bond motifs is 1. The van der Waals surface area contributed by atoms with E-state index in [-0.39, 0.29) is 6.42 Å². The van der Waals surface area contributed by atoms with E-state index in [1.165, 1.54) is 12.6 Å². The molecule has 7 nitrogen and oxygen atoms in total. The Morgan fingerprint density at radius 3 is 2.83 bits per heavy atom. The third-order valence-electron chi connectivity index (χ3n) is 3.36. The Kier molecular flexibility index (Phi) is 5.68. The maximum atomic E-state index is 14.3. The predicted octanol–water partition coefficient (Wildman–Crippen LogP) is 1.98. The molecule has 1 unspecified atom stereocenters. The van der Waals surface area contributed by atoms with Crippen molar-refractivity contribution in [2.24, 2.45) is 0 Å². The van der Waals surface area contributed by atoms with Crippen molar-refractivity contribution in [1.29, 1.82) is 0 Å². The van der Waals surface area contributed by atoms with Gasteiger partial charge in [-0.2, -0.15) is 8.42 Å². The van der Waals surface area contributed by atoms with Gasteiger partial charge in [0.05, 0.1) is 12.4 Å². The van der Waals surface area contributed by atoms with E-state index in [0.717, 1.165) is 22.2 Å². The van der Waals surface area contributed by atoms with Gasteiger partial charge in [-0.05, 0) is 30.2 Å². The summed E-state index contributed by atoms with van der Waals surface area (Å²) < 4.78 is 66.1. The number of carbonyl (C=O) groups is 1. The fraction of sp³-hybridized carbons (Fsp3) is 0.462. The Morgan fingerprint density at radius 1 is 1.50 bits per heavy atom. The van der Waals surface area contributed by atoms with E-state index >= 15 is 0 Å². The minimum absolute atomic E-state index is 0.132. The van der Waals surface area contributed by atoms with Crippen LogP contribution < -0.4 is 10.2 Å². The third kappa shape index (κ3) is 5.03. The second-order valence-electron chi connectivity index (χ2n) is 5.08. The molecule has 0 fully saturated rings. The molecule has 0 spiro atoms. The van der Waals surface area contributed by atoms with E-state index in [4.69, 9.17) is 9.29 Å². The zero-order valence-electron chi connectivity index (χ0n) is 12.5. The number of thioether (sulfide) groups is 1. The molecule has 1 aliphatic heterocycles. The maximum Gasteiger partial charge on any atom is 0.418 e. The van der Waals surface area contributed by atoms with Crippen LogP contribution in [0.5, 0.6) is 5.75 Å². The molecular weight excluding hydrogens is 368 g/mol. The highest BCUT2D eigenvalue weighted by Crippen LogP contribution is 2.46. The van der Waals surface area contributed by atoms with Crippen LogP contribution in [-0.4, -0.2) is 37.2 Å². The highest BCUT2D eigenvalue weighted by molar-refractivity contribution is 8.00. The van der Waals surface area contributed by atoms with Crippen molar-refractivity contribution in [2.45, 2.75) is 35.3 Å². The van der Waals surface area contributed by atoms with Crippen molar-refractivity contribution in [3.8, 4) is 5.75 Å². The van der Waals surface area contributed by atoms with Crippen LogP contribution in [0.4, 0.5) is 8.78 Å². The van der Waals surface area contributed by atoms with E-state index in [2.05, 4.69) is 4.28 Å². The Bertz CT molecular complexity index is 725. The van der Waals surface area contributed by atoms with Crippen LogP contribution in [-0.2, 0) is 25.9 Å². The van der Waals surface area contributed by atoms with Crippen molar-refractivity contribution in [3.05, 3.63) is 23.8 Å². The lowest BCUT2D eigenvalue weighted by Gasteiger charge is -2.21.